The maximum Gasteiger partial charge on any atom is 0.334 e. The van der Waals surface area contributed by atoms with Crippen LogP contribution in [0.2, 0.25) is 18.1 Å². The number of rotatable bonds is 3. The molecule has 1 saturated heterocycles. The van der Waals surface area contributed by atoms with Gasteiger partial charge < -0.3 is 9.16 Å². The van der Waals surface area contributed by atoms with Gasteiger partial charge in [-0.05, 0) is 23.7 Å². The zero-order chi connectivity index (χ0) is 16.5. The minimum atomic E-state index is -2.04. The first-order valence-electron chi connectivity index (χ1n) is 8.03. The molecule has 1 aromatic rings. The summed E-state index contributed by atoms with van der Waals surface area (Å²) in [5, 5.41) is 0.0647. The highest BCUT2D eigenvalue weighted by atomic mass is 28.4. The quantitative estimate of drug-likeness (QED) is 0.613. The van der Waals surface area contributed by atoms with Crippen LogP contribution in [0.3, 0.4) is 0 Å². The van der Waals surface area contributed by atoms with Crippen LogP contribution in [0.15, 0.2) is 30.3 Å². The van der Waals surface area contributed by atoms with Crippen molar-refractivity contribution in [3.63, 3.8) is 0 Å². The molecule has 1 heterocycles. The van der Waals surface area contributed by atoms with Crippen LogP contribution in [0.4, 0.5) is 0 Å². The second-order valence-electron chi connectivity index (χ2n) is 7.84. The Balaban J connectivity index is 2.34. The molecule has 0 bridgehead atoms. The summed E-state index contributed by atoms with van der Waals surface area (Å²) in [6.45, 7) is 13.5. The molecule has 3 atom stereocenters. The summed E-state index contributed by atoms with van der Waals surface area (Å²) < 4.78 is 11.8. The van der Waals surface area contributed by atoms with Crippen molar-refractivity contribution >= 4 is 14.3 Å². The van der Waals surface area contributed by atoms with Crippen LogP contribution < -0.4 is 0 Å². The first-order valence-corrected chi connectivity index (χ1v) is 10.9. The van der Waals surface area contributed by atoms with Gasteiger partial charge >= 0.3 is 5.97 Å². The molecule has 22 heavy (non-hydrogen) atoms. The van der Waals surface area contributed by atoms with E-state index >= 15 is 0 Å². The molecule has 3 nitrogen and oxygen atoms in total. The molecular formula is C18H28O3Si. The van der Waals surface area contributed by atoms with Crippen molar-refractivity contribution in [1.29, 1.82) is 0 Å². The Morgan fingerprint density at radius 2 is 1.77 bits per heavy atom. The predicted molar refractivity (Wildman–Crippen MR) is 91.4 cm³/mol. The second kappa shape index (κ2) is 6.17. The Morgan fingerprint density at radius 1 is 1.18 bits per heavy atom. The molecule has 0 unspecified atom stereocenters. The van der Waals surface area contributed by atoms with E-state index in [1.807, 2.05) is 18.2 Å². The fourth-order valence-electron chi connectivity index (χ4n) is 2.64. The van der Waals surface area contributed by atoms with E-state index in [0.29, 0.717) is 6.61 Å². The van der Waals surface area contributed by atoms with Crippen molar-refractivity contribution in [2.75, 3.05) is 6.61 Å². The van der Waals surface area contributed by atoms with Crippen molar-refractivity contribution in [3.05, 3.63) is 35.9 Å². The first kappa shape index (κ1) is 17.2. The molecule has 0 aliphatic carbocycles. The van der Waals surface area contributed by atoms with E-state index in [1.54, 1.807) is 0 Å². The SMILES string of the molecule is C[C@@H]1COC(=O)[C@@H](O[Si](C)(C)C(C)(C)C)[C@H]1c1ccccc1. The van der Waals surface area contributed by atoms with E-state index < -0.39 is 14.4 Å². The van der Waals surface area contributed by atoms with E-state index in [9.17, 15) is 4.79 Å². The normalized spacial score (nSPS) is 26.6. The van der Waals surface area contributed by atoms with Crippen molar-refractivity contribution in [1.82, 2.24) is 0 Å². The third kappa shape index (κ3) is 3.44. The number of carbonyl (C=O) groups is 1. The van der Waals surface area contributed by atoms with Crippen LogP contribution in [0.1, 0.15) is 39.2 Å². The summed E-state index contributed by atoms with van der Waals surface area (Å²) in [6, 6.07) is 10.2. The third-order valence-corrected chi connectivity index (χ3v) is 9.53. The molecule has 0 N–H and O–H groups in total. The monoisotopic (exact) mass is 320 g/mol. The Bertz CT molecular complexity index is 519. The Morgan fingerprint density at radius 3 is 2.32 bits per heavy atom. The molecule has 1 aliphatic heterocycles. The number of hydrogen-bond donors (Lipinski definition) is 0. The smallest absolute Gasteiger partial charge is 0.334 e. The molecule has 1 aliphatic rings. The largest absolute Gasteiger partial charge is 0.463 e. The predicted octanol–water partition coefficient (Wildman–Crippen LogP) is 4.35. The van der Waals surface area contributed by atoms with Gasteiger partial charge in [-0.15, -0.1) is 0 Å². The topological polar surface area (TPSA) is 35.5 Å². The minimum Gasteiger partial charge on any atom is -0.463 e. The highest BCUT2D eigenvalue weighted by Crippen LogP contribution is 2.42. The van der Waals surface area contributed by atoms with Gasteiger partial charge in [0.25, 0.3) is 0 Å². The highest BCUT2D eigenvalue weighted by Gasteiger charge is 2.47. The maximum absolute atomic E-state index is 12.4. The number of benzene rings is 1. The lowest BCUT2D eigenvalue weighted by atomic mass is 9.82. The lowest BCUT2D eigenvalue weighted by Gasteiger charge is -2.43. The van der Waals surface area contributed by atoms with Gasteiger partial charge in [-0.2, -0.15) is 0 Å². The lowest BCUT2D eigenvalue weighted by Crippen LogP contribution is -2.51. The van der Waals surface area contributed by atoms with E-state index in [0.717, 1.165) is 5.56 Å². The molecule has 2 rings (SSSR count). The number of hydrogen-bond acceptors (Lipinski definition) is 3. The molecular weight excluding hydrogens is 292 g/mol. The van der Waals surface area contributed by atoms with Crippen molar-refractivity contribution in [2.24, 2.45) is 5.92 Å². The summed E-state index contributed by atoms with van der Waals surface area (Å²) in [6.07, 6.45) is -0.493. The van der Waals surface area contributed by atoms with Crippen LogP contribution in [0.5, 0.6) is 0 Å². The number of ether oxygens (including phenoxy) is 1. The van der Waals surface area contributed by atoms with E-state index in [2.05, 4.69) is 52.9 Å². The average molecular weight is 321 g/mol. The average Bonchev–Trinajstić information content (AvgIpc) is 2.42. The summed E-state index contributed by atoms with van der Waals surface area (Å²) in [5.41, 5.74) is 1.16. The Labute approximate surface area is 135 Å². The van der Waals surface area contributed by atoms with Crippen LogP contribution >= 0.6 is 0 Å². The number of carbonyl (C=O) groups excluding carboxylic acids is 1. The molecule has 0 spiro atoms. The number of cyclic esters (lactones) is 1. The minimum absolute atomic E-state index is 0.0647. The Kier molecular flexibility index (Phi) is 4.83. The van der Waals surface area contributed by atoms with E-state index in [4.69, 9.17) is 9.16 Å². The fraction of sp³-hybridized carbons (Fsp3) is 0.611. The molecule has 1 aromatic carbocycles. The zero-order valence-electron chi connectivity index (χ0n) is 14.6. The fourth-order valence-corrected chi connectivity index (χ4v) is 3.87. The molecule has 1 fully saturated rings. The van der Waals surface area contributed by atoms with Gasteiger partial charge in [0.15, 0.2) is 14.4 Å². The molecule has 0 radical (unpaired) electrons. The van der Waals surface area contributed by atoms with E-state index in [-0.39, 0.29) is 22.8 Å². The molecule has 0 saturated carbocycles. The molecule has 0 aromatic heterocycles. The van der Waals surface area contributed by atoms with Crippen molar-refractivity contribution < 1.29 is 14.0 Å². The van der Waals surface area contributed by atoms with E-state index in [1.165, 1.54) is 0 Å². The van der Waals surface area contributed by atoms with Gasteiger partial charge in [0.2, 0.25) is 0 Å². The van der Waals surface area contributed by atoms with Gasteiger partial charge in [-0.3, -0.25) is 0 Å². The standard InChI is InChI=1S/C18H28O3Si/c1-13-12-20-17(19)16(21-22(5,6)18(2,3)4)15(13)14-10-8-7-9-11-14/h7-11,13,15-16H,12H2,1-6H3/t13-,15-,16+/m1/s1. The van der Waals surface area contributed by atoms with Crippen molar-refractivity contribution in [2.45, 2.75) is 57.8 Å². The van der Waals surface area contributed by atoms with Gasteiger partial charge in [-0.25, -0.2) is 4.79 Å². The molecule has 122 valence electrons. The van der Waals surface area contributed by atoms with Gasteiger partial charge in [0, 0.05) is 11.8 Å². The molecule has 4 heteroatoms. The summed E-state index contributed by atoms with van der Waals surface area (Å²) >= 11 is 0. The van der Waals surface area contributed by atoms with Crippen LogP contribution in [0, 0.1) is 5.92 Å². The highest BCUT2D eigenvalue weighted by molar-refractivity contribution is 6.74. The lowest BCUT2D eigenvalue weighted by molar-refractivity contribution is -0.163. The van der Waals surface area contributed by atoms with Crippen LogP contribution in [-0.2, 0) is 14.0 Å². The van der Waals surface area contributed by atoms with Crippen LogP contribution in [0.25, 0.3) is 0 Å². The summed E-state index contributed by atoms with van der Waals surface area (Å²) in [7, 11) is -2.04. The Hall–Kier alpha value is -1.13. The zero-order valence-corrected chi connectivity index (χ0v) is 15.6. The van der Waals surface area contributed by atoms with Gasteiger partial charge in [-0.1, -0.05) is 58.0 Å². The summed E-state index contributed by atoms with van der Waals surface area (Å²) in [4.78, 5) is 12.4. The van der Waals surface area contributed by atoms with Gasteiger partial charge in [0.05, 0.1) is 6.61 Å². The first-order chi connectivity index (χ1) is 10.1. The summed E-state index contributed by atoms with van der Waals surface area (Å²) in [5.74, 6) is 0.114. The van der Waals surface area contributed by atoms with Crippen molar-refractivity contribution in [3.8, 4) is 0 Å². The van der Waals surface area contributed by atoms with Gasteiger partial charge in [0.1, 0.15) is 0 Å². The number of esters is 1. The maximum atomic E-state index is 12.4. The molecule has 0 amide bonds. The third-order valence-electron chi connectivity index (χ3n) is 5.07. The van der Waals surface area contributed by atoms with Crippen LogP contribution in [-0.4, -0.2) is 27.0 Å². The second-order valence-corrected chi connectivity index (χ2v) is 12.6.